The van der Waals surface area contributed by atoms with Gasteiger partial charge in [0.05, 0.1) is 25.1 Å². The van der Waals surface area contributed by atoms with Crippen LogP contribution in [0.4, 0.5) is 0 Å². The number of nitrogens with two attached hydrogens (primary N) is 1. The Labute approximate surface area is 178 Å². The predicted octanol–water partition coefficient (Wildman–Crippen LogP) is 2.70. The molecular formula is C22H23BrN2O4. The summed E-state index contributed by atoms with van der Waals surface area (Å²) >= 11 is 3.35. The lowest BCUT2D eigenvalue weighted by atomic mass is 9.95. The molecule has 2 heterocycles. The second-order valence-electron chi connectivity index (χ2n) is 7.68. The van der Waals surface area contributed by atoms with Crippen molar-refractivity contribution in [1.29, 1.82) is 0 Å². The van der Waals surface area contributed by atoms with Crippen molar-refractivity contribution < 1.29 is 19.1 Å². The first-order chi connectivity index (χ1) is 13.9. The van der Waals surface area contributed by atoms with E-state index in [2.05, 4.69) is 15.9 Å². The molecule has 2 aliphatic rings. The molecule has 0 spiro atoms. The van der Waals surface area contributed by atoms with Crippen molar-refractivity contribution in [2.24, 2.45) is 11.7 Å². The van der Waals surface area contributed by atoms with Gasteiger partial charge in [-0.25, -0.2) is 0 Å². The Morgan fingerprint density at radius 1 is 1.21 bits per heavy atom. The van der Waals surface area contributed by atoms with Crippen LogP contribution < -0.4 is 10.5 Å². The molecule has 29 heavy (non-hydrogen) atoms. The number of hydrogen-bond acceptors (Lipinski definition) is 4. The summed E-state index contributed by atoms with van der Waals surface area (Å²) in [5, 5.41) is 0. The number of piperidine rings is 1. The average molecular weight is 459 g/mol. The number of carbonyl (C=O) groups excluding carboxylic acids is 2. The summed E-state index contributed by atoms with van der Waals surface area (Å²) in [5.41, 5.74) is 8.01. The number of nitrogens with zero attached hydrogens (tertiary/aromatic N) is 1. The normalized spacial score (nSPS) is 23.1. The van der Waals surface area contributed by atoms with E-state index < -0.39 is 5.91 Å². The summed E-state index contributed by atoms with van der Waals surface area (Å²) in [5.74, 6) is 0.0558. The van der Waals surface area contributed by atoms with E-state index in [1.165, 1.54) is 5.56 Å². The Morgan fingerprint density at radius 3 is 2.66 bits per heavy atom. The summed E-state index contributed by atoms with van der Waals surface area (Å²) in [6.07, 6.45) is -0.0539. The number of hydrogen-bond donors (Lipinski definition) is 1. The van der Waals surface area contributed by atoms with Crippen LogP contribution >= 0.6 is 15.9 Å². The highest BCUT2D eigenvalue weighted by Crippen LogP contribution is 2.33. The zero-order valence-electron chi connectivity index (χ0n) is 16.1. The molecule has 3 atom stereocenters. The highest BCUT2D eigenvalue weighted by atomic mass is 79.9. The molecule has 2 amide bonds. The van der Waals surface area contributed by atoms with Crippen molar-refractivity contribution >= 4 is 27.7 Å². The number of amides is 2. The highest BCUT2D eigenvalue weighted by molar-refractivity contribution is 9.10. The number of rotatable bonds is 5. The maximum absolute atomic E-state index is 12.8. The van der Waals surface area contributed by atoms with Crippen molar-refractivity contribution in [2.75, 3.05) is 19.7 Å². The highest BCUT2D eigenvalue weighted by Gasteiger charge is 2.46. The maximum Gasteiger partial charge on any atom is 0.252 e. The van der Waals surface area contributed by atoms with Crippen LogP contribution in [0.25, 0.3) is 0 Å². The maximum atomic E-state index is 12.8. The first-order valence-corrected chi connectivity index (χ1v) is 10.4. The number of likely N-dealkylation sites (tertiary alicyclic amines) is 1. The number of aryl methyl sites for hydroxylation is 1. The van der Waals surface area contributed by atoms with Gasteiger partial charge in [-0.3, -0.25) is 9.59 Å². The van der Waals surface area contributed by atoms with Crippen molar-refractivity contribution in [1.82, 2.24) is 4.90 Å². The molecule has 7 heteroatoms. The molecule has 1 unspecified atom stereocenters. The van der Waals surface area contributed by atoms with Crippen LogP contribution in [-0.2, 0) is 16.0 Å². The van der Waals surface area contributed by atoms with Crippen molar-refractivity contribution in [3.63, 3.8) is 0 Å². The van der Waals surface area contributed by atoms with Gasteiger partial charge in [0.2, 0.25) is 5.91 Å². The Bertz CT molecular complexity index is 917. The molecule has 0 saturated carbocycles. The number of halogens is 1. The van der Waals surface area contributed by atoms with E-state index in [-0.39, 0.29) is 24.0 Å². The van der Waals surface area contributed by atoms with E-state index in [4.69, 9.17) is 15.2 Å². The Kier molecular flexibility index (Phi) is 5.61. The average Bonchev–Trinajstić information content (AvgIpc) is 2.92. The summed E-state index contributed by atoms with van der Waals surface area (Å²) in [6.45, 7) is 3.62. The van der Waals surface area contributed by atoms with Crippen molar-refractivity contribution in [2.45, 2.75) is 25.6 Å². The fourth-order valence-electron chi connectivity index (χ4n) is 3.94. The molecule has 152 valence electrons. The van der Waals surface area contributed by atoms with Gasteiger partial charge in [0.15, 0.2) is 0 Å². The zero-order chi connectivity index (χ0) is 20.5. The molecule has 0 aromatic heterocycles. The van der Waals surface area contributed by atoms with Crippen molar-refractivity contribution in [3.8, 4) is 5.75 Å². The lowest BCUT2D eigenvalue weighted by Gasteiger charge is -2.36. The first kappa shape index (κ1) is 19.9. The van der Waals surface area contributed by atoms with Crippen LogP contribution in [0.1, 0.15) is 21.5 Å². The topological polar surface area (TPSA) is 81.9 Å². The van der Waals surface area contributed by atoms with Crippen LogP contribution in [0.3, 0.4) is 0 Å². The third-order valence-corrected chi connectivity index (χ3v) is 6.00. The van der Waals surface area contributed by atoms with Crippen molar-refractivity contribution in [3.05, 3.63) is 63.6 Å². The molecule has 2 aromatic carbocycles. The Morgan fingerprint density at radius 2 is 1.97 bits per heavy atom. The molecule has 2 aliphatic heterocycles. The van der Waals surface area contributed by atoms with E-state index in [0.717, 1.165) is 10.0 Å². The summed E-state index contributed by atoms with van der Waals surface area (Å²) in [4.78, 5) is 26.4. The molecule has 2 saturated heterocycles. The van der Waals surface area contributed by atoms with Crippen LogP contribution in [0.5, 0.6) is 5.75 Å². The zero-order valence-corrected chi connectivity index (χ0v) is 17.7. The standard InChI is InChI=1S/C22H23BrN2O4/c1-13-2-4-14(5-3-13)8-20(26)25-10-15-12-28-19(11-25)21(15)29-18-7-6-16(23)9-17(18)22(24)27/h2-7,9,15,19,21H,8,10-12H2,1H3,(H2,24,27)/t15-,19-,21?/m0/s1. The minimum atomic E-state index is -0.541. The van der Waals surface area contributed by atoms with Gasteiger partial charge in [-0.2, -0.15) is 0 Å². The van der Waals surface area contributed by atoms with Gasteiger partial charge in [-0.1, -0.05) is 45.8 Å². The van der Waals surface area contributed by atoms with Crippen LogP contribution in [0, 0.1) is 12.8 Å². The van der Waals surface area contributed by atoms with E-state index in [1.54, 1.807) is 12.1 Å². The van der Waals surface area contributed by atoms with Gasteiger partial charge in [0.1, 0.15) is 18.0 Å². The number of primary amides is 1. The Hall–Kier alpha value is -2.38. The number of benzene rings is 2. The quantitative estimate of drug-likeness (QED) is 0.746. The Balaban J connectivity index is 1.44. The molecule has 6 nitrogen and oxygen atoms in total. The number of carbonyl (C=O) groups is 2. The van der Waals surface area contributed by atoms with E-state index >= 15 is 0 Å². The van der Waals surface area contributed by atoms with E-state index in [9.17, 15) is 9.59 Å². The molecular weight excluding hydrogens is 436 g/mol. The smallest absolute Gasteiger partial charge is 0.252 e. The van der Waals surface area contributed by atoms with Crippen LogP contribution in [-0.4, -0.2) is 48.6 Å². The van der Waals surface area contributed by atoms with Gasteiger partial charge in [0, 0.05) is 16.9 Å². The summed E-state index contributed by atoms with van der Waals surface area (Å²) in [6, 6.07) is 13.2. The van der Waals surface area contributed by atoms with Gasteiger partial charge in [0.25, 0.3) is 5.91 Å². The molecule has 2 aromatic rings. The largest absolute Gasteiger partial charge is 0.486 e. The van der Waals surface area contributed by atoms with Crippen LogP contribution in [0.2, 0.25) is 0 Å². The van der Waals surface area contributed by atoms with Gasteiger partial charge < -0.3 is 20.1 Å². The van der Waals surface area contributed by atoms with Gasteiger partial charge in [-0.05, 0) is 30.7 Å². The molecule has 4 rings (SSSR count). The predicted molar refractivity (Wildman–Crippen MR) is 112 cm³/mol. The molecule has 2 bridgehead atoms. The minimum Gasteiger partial charge on any atom is -0.486 e. The van der Waals surface area contributed by atoms with E-state index in [1.807, 2.05) is 42.2 Å². The van der Waals surface area contributed by atoms with Gasteiger partial charge >= 0.3 is 0 Å². The van der Waals surface area contributed by atoms with Crippen LogP contribution in [0.15, 0.2) is 46.9 Å². The fraction of sp³-hybridized carbons (Fsp3) is 0.364. The SMILES string of the molecule is Cc1ccc(CC(=O)N2C[C@H]3CO[C@@H](C2)C3Oc2ccc(Br)cc2C(N)=O)cc1. The summed E-state index contributed by atoms with van der Waals surface area (Å²) in [7, 11) is 0. The molecule has 2 fully saturated rings. The third-order valence-electron chi connectivity index (χ3n) is 5.51. The molecule has 0 aliphatic carbocycles. The monoisotopic (exact) mass is 458 g/mol. The number of fused-ring (bicyclic) bond motifs is 2. The lowest BCUT2D eigenvalue weighted by Crippen LogP contribution is -2.52. The lowest BCUT2D eigenvalue weighted by molar-refractivity contribution is -0.134. The van der Waals surface area contributed by atoms with E-state index in [0.29, 0.717) is 37.4 Å². The molecule has 2 N–H and O–H groups in total. The minimum absolute atomic E-state index is 0.0556. The summed E-state index contributed by atoms with van der Waals surface area (Å²) < 4.78 is 12.8. The second kappa shape index (κ2) is 8.16. The molecule has 0 radical (unpaired) electrons. The van der Waals surface area contributed by atoms with Gasteiger partial charge in [-0.15, -0.1) is 0 Å². The second-order valence-corrected chi connectivity index (χ2v) is 8.60. The fourth-order valence-corrected chi connectivity index (χ4v) is 4.30. The first-order valence-electron chi connectivity index (χ1n) is 9.61. The number of ether oxygens (including phenoxy) is 2. The third kappa shape index (κ3) is 4.31.